The molecule has 0 unspecified atom stereocenters. The van der Waals surface area contributed by atoms with Gasteiger partial charge in [0.1, 0.15) is 6.04 Å². The third kappa shape index (κ3) is 3.32. The van der Waals surface area contributed by atoms with E-state index in [9.17, 15) is 4.79 Å². The summed E-state index contributed by atoms with van der Waals surface area (Å²) in [6.07, 6.45) is 0. The second-order valence-corrected chi connectivity index (χ2v) is 5.15. The molecule has 1 rings (SSSR count). The average molecular weight is 241 g/mol. The van der Waals surface area contributed by atoms with Crippen LogP contribution in [0, 0.1) is 12.8 Å². The van der Waals surface area contributed by atoms with Gasteiger partial charge in [0.15, 0.2) is 0 Å². The monoisotopic (exact) mass is 241 g/mol. The topological polar surface area (TPSA) is 38.3 Å². The number of hydrogen-bond acceptors (Lipinski definition) is 4. The maximum atomic E-state index is 11.5. The Morgan fingerprint density at radius 2 is 2.25 bits per heavy atom. The summed E-state index contributed by atoms with van der Waals surface area (Å²) in [5, 5.41) is 5.31. The minimum absolute atomic E-state index is 0.191. The lowest BCUT2D eigenvalue weighted by Crippen LogP contribution is -2.41. The zero-order valence-corrected chi connectivity index (χ0v) is 11.1. The van der Waals surface area contributed by atoms with Crippen LogP contribution in [-0.2, 0) is 16.1 Å². The van der Waals surface area contributed by atoms with Gasteiger partial charge in [0.25, 0.3) is 0 Å². The molecule has 3 nitrogen and oxygen atoms in total. The first-order valence-electron chi connectivity index (χ1n) is 5.40. The largest absolute Gasteiger partial charge is 0.468 e. The van der Waals surface area contributed by atoms with Crippen LogP contribution in [0.4, 0.5) is 0 Å². The Morgan fingerprint density at radius 3 is 2.69 bits per heavy atom. The van der Waals surface area contributed by atoms with Gasteiger partial charge >= 0.3 is 5.97 Å². The summed E-state index contributed by atoms with van der Waals surface area (Å²) in [5.41, 5.74) is 1.27. The molecule has 1 aromatic heterocycles. The summed E-state index contributed by atoms with van der Waals surface area (Å²) in [7, 11) is 1.43. The van der Waals surface area contributed by atoms with Crippen molar-refractivity contribution < 1.29 is 9.53 Å². The van der Waals surface area contributed by atoms with Gasteiger partial charge in [-0.2, -0.15) is 0 Å². The normalized spacial score (nSPS) is 12.8. The first-order valence-corrected chi connectivity index (χ1v) is 6.28. The summed E-state index contributed by atoms with van der Waals surface area (Å²) in [6.45, 7) is 6.82. The molecule has 0 amide bonds. The molecule has 0 aliphatic heterocycles. The van der Waals surface area contributed by atoms with Gasteiger partial charge in [-0.15, -0.1) is 11.3 Å². The van der Waals surface area contributed by atoms with E-state index in [1.807, 2.05) is 13.8 Å². The van der Waals surface area contributed by atoms with E-state index in [0.717, 1.165) is 6.54 Å². The van der Waals surface area contributed by atoms with E-state index in [1.54, 1.807) is 11.3 Å². The zero-order chi connectivity index (χ0) is 12.1. The Hall–Kier alpha value is -0.870. The highest BCUT2D eigenvalue weighted by Crippen LogP contribution is 2.16. The van der Waals surface area contributed by atoms with Crippen LogP contribution in [-0.4, -0.2) is 19.1 Å². The Morgan fingerprint density at radius 1 is 1.56 bits per heavy atom. The van der Waals surface area contributed by atoms with E-state index in [1.165, 1.54) is 17.6 Å². The minimum atomic E-state index is -0.230. The van der Waals surface area contributed by atoms with Gasteiger partial charge in [0.2, 0.25) is 0 Å². The third-order valence-corrected chi connectivity index (χ3v) is 3.60. The standard InChI is InChI=1S/C12H19NO2S/c1-8(2)11(12(14)15-4)13-7-10-9(3)5-6-16-10/h5-6,8,11,13H,7H2,1-4H3/t11-/m0/s1. The van der Waals surface area contributed by atoms with Crippen molar-refractivity contribution in [1.29, 1.82) is 0 Å². The van der Waals surface area contributed by atoms with E-state index in [4.69, 9.17) is 4.74 Å². The number of carbonyl (C=O) groups excluding carboxylic acids is 1. The average Bonchev–Trinajstić information content (AvgIpc) is 2.64. The number of thiophene rings is 1. The number of carbonyl (C=O) groups is 1. The summed E-state index contributed by atoms with van der Waals surface area (Å²) in [6, 6.07) is 1.86. The molecule has 4 heteroatoms. The number of methoxy groups -OCH3 is 1. The van der Waals surface area contributed by atoms with Gasteiger partial charge in [0.05, 0.1) is 7.11 Å². The molecule has 1 atom stereocenters. The lowest BCUT2D eigenvalue weighted by Gasteiger charge is -2.19. The van der Waals surface area contributed by atoms with Crippen LogP contribution in [0.25, 0.3) is 0 Å². The number of nitrogens with one attached hydrogen (secondary N) is 1. The van der Waals surface area contributed by atoms with Crippen molar-refractivity contribution in [3.8, 4) is 0 Å². The van der Waals surface area contributed by atoms with Crippen molar-refractivity contribution in [3.05, 3.63) is 21.9 Å². The zero-order valence-electron chi connectivity index (χ0n) is 10.2. The quantitative estimate of drug-likeness (QED) is 0.804. The molecule has 0 spiro atoms. The van der Waals surface area contributed by atoms with Crippen molar-refractivity contribution in [2.24, 2.45) is 5.92 Å². The van der Waals surface area contributed by atoms with E-state index < -0.39 is 0 Å². The summed E-state index contributed by atoms with van der Waals surface area (Å²) < 4.78 is 4.78. The fourth-order valence-electron chi connectivity index (χ4n) is 1.51. The number of rotatable bonds is 5. The van der Waals surface area contributed by atoms with Gasteiger partial charge in [0, 0.05) is 11.4 Å². The highest BCUT2D eigenvalue weighted by atomic mass is 32.1. The van der Waals surface area contributed by atoms with Crippen LogP contribution in [0.15, 0.2) is 11.4 Å². The first kappa shape index (κ1) is 13.2. The molecule has 0 aromatic carbocycles. The molecule has 0 aliphatic carbocycles. The lowest BCUT2D eigenvalue weighted by atomic mass is 10.0. The van der Waals surface area contributed by atoms with Gasteiger partial charge in [-0.25, -0.2) is 0 Å². The Labute approximate surface area is 101 Å². The van der Waals surface area contributed by atoms with Crippen LogP contribution in [0.5, 0.6) is 0 Å². The van der Waals surface area contributed by atoms with Crippen molar-refractivity contribution in [3.63, 3.8) is 0 Å². The van der Waals surface area contributed by atoms with Crippen LogP contribution in [0.2, 0.25) is 0 Å². The number of ether oxygens (including phenoxy) is 1. The molecule has 90 valence electrons. The van der Waals surface area contributed by atoms with Crippen molar-refractivity contribution in [2.45, 2.75) is 33.4 Å². The van der Waals surface area contributed by atoms with Gasteiger partial charge in [-0.1, -0.05) is 13.8 Å². The van der Waals surface area contributed by atoms with Gasteiger partial charge in [-0.05, 0) is 29.9 Å². The molecule has 16 heavy (non-hydrogen) atoms. The van der Waals surface area contributed by atoms with Gasteiger partial charge in [-0.3, -0.25) is 10.1 Å². The molecule has 1 aromatic rings. The smallest absolute Gasteiger partial charge is 0.323 e. The molecule has 0 aliphatic rings. The molecular weight excluding hydrogens is 222 g/mol. The predicted molar refractivity (Wildman–Crippen MR) is 66.5 cm³/mol. The van der Waals surface area contributed by atoms with E-state index >= 15 is 0 Å². The second kappa shape index (κ2) is 6.01. The molecule has 0 saturated carbocycles. The van der Waals surface area contributed by atoms with Crippen molar-refractivity contribution >= 4 is 17.3 Å². The second-order valence-electron chi connectivity index (χ2n) is 4.15. The highest BCUT2D eigenvalue weighted by molar-refractivity contribution is 7.10. The Bertz CT molecular complexity index is 347. The summed E-state index contributed by atoms with van der Waals surface area (Å²) in [5.74, 6) is 0.0388. The lowest BCUT2D eigenvalue weighted by molar-refractivity contribution is -0.144. The number of hydrogen-bond donors (Lipinski definition) is 1. The number of aryl methyl sites for hydroxylation is 1. The predicted octanol–water partition coefficient (Wildman–Crippen LogP) is 2.34. The maximum Gasteiger partial charge on any atom is 0.323 e. The van der Waals surface area contributed by atoms with Gasteiger partial charge < -0.3 is 4.74 Å². The van der Waals surface area contributed by atoms with Crippen molar-refractivity contribution in [2.75, 3.05) is 7.11 Å². The number of esters is 1. The Balaban J connectivity index is 2.57. The fraction of sp³-hybridized carbons (Fsp3) is 0.583. The van der Waals surface area contributed by atoms with Crippen molar-refractivity contribution in [1.82, 2.24) is 5.32 Å². The third-order valence-electron chi connectivity index (χ3n) is 2.57. The Kier molecular flexibility index (Phi) is 4.96. The molecule has 1 N–H and O–H groups in total. The van der Waals surface area contributed by atoms with E-state index in [-0.39, 0.29) is 17.9 Å². The van der Waals surface area contributed by atoms with E-state index in [0.29, 0.717) is 0 Å². The molecule has 0 bridgehead atoms. The molecule has 0 saturated heterocycles. The minimum Gasteiger partial charge on any atom is -0.468 e. The van der Waals surface area contributed by atoms with E-state index in [2.05, 4.69) is 23.7 Å². The van der Waals surface area contributed by atoms with Crippen LogP contribution < -0.4 is 5.32 Å². The maximum absolute atomic E-state index is 11.5. The van der Waals surface area contributed by atoms with Crippen LogP contribution >= 0.6 is 11.3 Å². The molecule has 0 fully saturated rings. The van der Waals surface area contributed by atoms with Crippen LogP contribution in [0.3, 0.4) is 0 Å². The first-order chi connectivity index (χ1) is 7.56. The molecule has 1 heterocycles. The SMILES string of the molecule is COC(=O)[C@@H](NCc1sccc1C)C(C)C. The highest BCUT2D eigenvalue weighted by Gasteiger charge is 2.22. The fourth-order valence-corrected chi connectivity index (χ4v) is 2.36. The molecular formula is C12H19NO2S. The van der Waals surface area contributed by atoms with Crippen LogP contribution in [0.1, 0.15) is 24.3 Å². The summed E-state index contributed by atoms with van der Waals surface area (Å²) in [4.78, 5) is 12.8. The summed E-state index contributed by atoms with van der Waals surface area (Å²) >= 11 is 1.71. The molecule has 0 radical (unpaired) electrons.